The molecule has 0 radical (unpaired) electrons. The van der Waals surface area contributed by atoms with Gasteiger partial charge in [-0.15, -0.1) is 0 Å². The summed E-state index contributed by atoms with van der Waals surface area (Å²) in [7, 11) is 1.38. The molecule has 16 heteroatoms. The molecular weight excluding hydrogens is 900 g/mol. The number of methoxy groups -OCH3 is 1. The molecule has 4 aromatic carbocycles. The summed E-state index contributed by atoms with van der Waals surface area (Å²) < 4.78 is 32.7. The molecule has 2 amide bonds. The second-order valence-corrected chi connectivity index (χ2v) is 17.6. The number of alkyl halides is 1. The van der Waals surface area contributed by atoms with Crippen molar-refractivity contribution in [3.63, 3.8) is 0 Å². The van der Waals surface area contributed by atoms with Crippen molar-refractivity contribution in [2.75, 3.05) is 51.8 Å². The fraction of sp³-hybridized carbons (Fsp3) is 0.388. The van der Waals surface area contributed by atoms with Crippen molar-refractivity contribution >= 4 is 40.1 Å². The smallest absolute Gasteiger partial charge is 0.415 e. The number of ether oxygens (including phenoxy) is 5. The first kappa shape index (κ1) is 48.0. The zero-order chi connectivity index (χ0) is 46.3. The number of nitrogens with zero attached hydrogens (tertiary/aromatic N) is 4. The van der Waals surface area contributed by atoms with Gasteiger partial charge in [-0.2, -0.15) is 4.98 Å². The zero-order valence-electron chi connectivity index (χ0n) is 37.0. The molecule has 2 aliphatic heterocycles. The standard InChI is InChI=1S/C29H27N3O6.C20H28BrNO5/c33-28(34)25-19-32(29(35)37-23-11-5-2-6-12-23)18-22(25)16-20-8-7-13-24(17-20)36-15-14-26-30-27(38-31-26)21-9-3-1-4-10-21;1-20(2,3)27-19(24)22-12-15(17(13-22)18(23)25-4)10-14-6-5-7-16(11-14)26-9-8-21/h1-13,17,22,25H,14-16,18-19H2,(H,33,34);5-7,11,15,17H,8-10,12-13H2,1-4H3/t22-,25+;15-,17+/m11/s1. The highest BCUT2D eigenvalue weighted by atomic mass is 79.9. The van der Waals surface area contributed by atoms with Gasteiger partial charge in [-0.1, -0.05) is 81.8 Å². The number of amides is 2. The van der Waals surface area contributed by atoms with Crippen LogP contribution in [0.3, 0.4) is 0 Å². The first-order valence-corrected chi connectivity index (χ1v) is 22.6. The average molecular weight is 956 g/mol. The fourth-order valence-corrected chi connectivity index (χ4v) is 7.89. The molecule has 2 aliphatic rings. The summed E-state index contributed by atoms with van der Waals surface area (Å²) in [6, 6.07) is 33.7. The van der Waals surface area contributed by atoms with Gasteiger partial charge >= 0.3 is 24.1 Å². The lowest BCUT2D eigenvalue weighted by molar-refractivity contribution is -0.146. The predicted octanol–water partition coefficient (Wildman–Crippen LogP) is 8.39. The number of halogens is 1. The second kappa shape index (κ2) is 23.0. The summed E-state index contributed by atoms with van der Waals surface area (Å²) in [5.41, 5.74) is 2.28. The van der Waals surface area contributed by atoms with Crippen molar-refractivity contribution in [3.05, 3.63) is 126 Å². The molecule has 5 aromatic rings. The van der Waals surface area contributed by atoms with E-state index in [-0.39, 0.29) is 30.3 Å². The second-order valence-electron chi connectivity index (χ2n) is 16.8. The highest BCUT2D eigenvalue weighted by molar-refractivity contribution is 9.09. The van der Waals surface area contributed by atoms with Crippen LogP contribution >= 0.6 is 15.9 Å². The van der Waals surface area contributed by atoms with E-state index < -0.39 is 29.7 Å². The van der Waals surface area contributed by atoms with E-state index in [1.165, 1.54) is 12.0 Å². The number of likely N-dealkylation sites (tertiary alicyclic amines) is 2. The highest BCUT2D eigenvalue weighted by Gasteiger charge is 2.42. The number of carboxylic acids is 1. The lowest BCUT2D eigenvalue weighted by Gasteiger charge is -2.24. The SMILES string of the molecule is COC(=O)[C@H]1CN(C(=O)OC(C)(C)C)C[C@H]1Cc1cccc(OCCBr)c1.O=C(O)[C@H]1CN(C(=O)Oc2ccccc2)C[C@H]1Cc1cccc(OCCc2noc(-c3ccccc3)n2)c1. The zero-order valence-corrected chi connectivity index (χ0v) is 38.6. The van der Waals surface area contributed by atoms with Crippen molar-refractivity contribution in [3.8, 4) is 28.7 Å². The molecule has 2 fully saturated rings. The number of benzene rings is 4. The van der Waals surface area contributed by atoms with E-state index in [1.54, 1.807) is 29.2 Å². The molecule has 7 rings (SSSR count). The molecule has 0 bridgehead atoms. The average Bonchev–Trinajstić information content (AvgIpc) is 4.06. The molecule has 0 unspecified atom stereocenters. The fourth-order valence-electron chi connectivity index (χ4n) is 7.73. The van der Waals surface area contributed by atoms with Gasteiger partial charge in [0, 0.05) is 43.5 Å². The third-order valence-corrected chi connectivity index (χ3v) is 11.1. The monoisotopic (exact) mass is 954 g/mol. The minimum Gasteiger partial charge on any atom is -0.493 e. The van der Waals surface area contributed by atoms with E-state index in [2.05, 4.69) is 26.1 Å². The molecule has 2 saturated heterocycles. The number of aliphatic carboxylic acids is 1. The van der Waals surface area contributed by atoms with Crippen LogP contribution in [0, 0.1) is 23.7 Å². The molecule has 0 saturated carbocycles. The summed E-state index contributed by atoms with van der Waals surface area (Å²) in [6.07, 6.45) is 0.689. The number of para-hydroxylation sites is 1. The minimum absolute atomic E-state index is 0.0311. The molecule has 15 nitrogen and oxygen atoms in total. The lowest BCUT2D eigenvalue weighted by Crippen LogP contribution is -2.36. The van der Waals surface area contributed by atoms with Gasteiger partial charge < -0.3 is 43.1 Å². The minimum atomic E-state index is -0.924. The van der Waals surface area contributed by atoms with Crippen LogP contribution in [0.2, 0.25) is 0 Å². The van der Waals surface area contributed by atoms with Crippen LogP contribution in [-0.2, 0) is 38.3 Å². The van der Waals surface area contributed by atoms with Crippen molar-refractivity contribution in [1.29, 1.82) is 0 Å². The quantitative estimate of drug-likeness (QED) is 0.0782. The first-order chi connectivity index (χ1) is 31.3. The summed E-state index contributed by atoms with van der Waals surface area (Å²) in [6.45, 7) is 7.61. The summed E-state index contributed by atoms with van der Waals surface area (Å²) in [4.78, 5) is 56.7. The van der Waals surface area contributed by atoms with Crippen LogP contribution in [0.5, 0.6) is 17.2 Å². The van der Waals surface area contributed by atoms with Crippen molar-refractivity contribution in [1.82, 2.24) is 19.9 Å². The predicted molar refractivity (Wildman–Crippen MR) is 244 cm³/mol. The van der Waals surface area contributed by atoms with Gasteiger partial charge in [-0.25, -0.2) is 9.59 Å². The van der Waals surface area contributed by atoms with Crippen LogP contribution in [-0.4, -0.2) is 107 Å². The molecule has 4 atom stereocenters. The van der Waals surface area contributed by atoms with Crippen LogP contribution in [0.25, 0.3) is 11.5 Å². The third kappa shape index (κ3) is 14.3. The molecule has 344 valence electrons. The number of carbonyl (C=O) groups excluding carboxylic acids is 3. The van der Waals surface area contributed by atoms with E-state index in [0.29, 0.717) is 75.3 Å². The Balaban J connectivity index is 0.000000229. The van der Waals surface area contributed by atoms with E-state index in [9.17, 15) is 24.3 Å². The van der Waals surface area contributed by atoms with Gasteiger partial charge in [0.2, 0.25) is 0 Å². The Morgan fingerprint density at radius 1 is 0.723 bits per heavy atom. The number of hydrogen-bond acceptors (Lipinski definition) is 12. The summed E-state index contributed by atoms with van der Waals surface area (Å²) in [5.74, 6) is 0.363. The number of carboxylic acid groups (broad SMARTS) is 1. The number of aromatic nitrogens is 2. The van der Waals surface area contributed by atoms with Crippen LogP contribution < -0.4 is 14.2 Å². The van der Waals surface area contributed by atoms with Crippen molar-refractivity contribution in [2.45, 2.75) is 45.6 Å². The number of carbonyl (C=O) groups is 4. The Bertz CT molecular complexity index is 2340. The summed E-state index contributed by atoms with van der Waals surface area (Å²) >= 11 is 3.34. The Morgan fingerprint density at radius 2 is 1.28 bits per heavy atom. The normalized spacial score (nSPS) is 18.0. The summed E-state index contributed by atoms with van der Waals surface area (Å²) in [5, 5.41) is 14.6. The first-order valence-electron chi connectivity index (χ1n) is 21.5. The van der Waals surface area contributed by atoms with Crippen molar-refractivity contribution < 1.29 is 52.5 Å². The van der Waals surface area contributed by atoms with Gasteiger partial charge in [0.25, 0.3) is 5.89 Å². The van der Waals surface area contributed by atoms with E-state index in [4.69, 9.17) is 28.2 Å². The number of esters is 1. The third-order valence-electron chi connectivity index (χ3n) is 10.8. The van der Waals surface area contributed by atoms with E-state index in [0.717, 1.165) is 27.8 Å². The molecule has 0 aliphatic carbocycles. The maximum atomic E-state index is 12.6. The maximum Gasteiger partial charge on any atom is 0.415 e. The van der Waals surface area contributed by atoms with E-state index >= 15 is 0 Å². The molecule has 65 heavy (non-hydrogen) atoms. The van der Waals surface area contributed by atoms with Crippen LogP contribution in [0.15, 0.2) is 114 Å². The molecule has 1 aromatic heterocycles. The topological polar surface area (TPSA) is 180 Å². The highest BCUT2D eigenvalue weighted by Crippen LogP contribution is 2.31. The molecule has 3 heterocycles. The Kier molecular flexibility index (Phi) is 17.0. The number of hydrogen-bond donors (Lipinski definition) is 1. The maximum absolute atomic E-state index is 12.6. The van der Waals surface area contributed by atoms with Crippen LogP contribution in [0.4, 0.5) is 9.59 Å². The Morgan fingerprint density at radius 3 is 1.86 bits per heavy atom. The van der Waals surface area contributed by atoms with Gasteiger partial charge in [0.15, 0.2) is 5.82 Å². The van der Waals surface area contributed by atoms with E-state index in [1.807, 2.05) is 106 Å². The lowest BCUT2D eigenvalue weighted by atomic mass is 9.89. The van der Waals surface area contributed by atoms with Crippen LogP contribution in [0.1, 0.15) is 37.7 Å². The van der Waals surface area contributed by atoms with Gasteiger partial charge in [-0.05, 0) is 105 Å². The Labute approximate surface area is 387 Å². The van der Waals surface area contributed by atoms with Gasteiger partial charge in [0.05, 0.1) is 32.2 Å². The van der Waals surface area contributed by atoms with Crippen molar-refractivity contribution in [2.24, 2.45) is 23.7 Å². The molecule has 0 spiro atoms. The molecule has 1 N–H and O–H groups in total. The Hall–Kier alpha value is -6.42. The van der Waals surface area contributed by atoms with Gasteiger partial charge in [-0.3, -0.25) is 9.59 Å². The number of rotatable bonds is 15. The molecular formula is C49H55BrN4O11. The largest absolute Gasteiger partial charge is 0.493 e. The van der Waals surface area contributed by atoms with Gasteiger partial charge in [0.1, 0.15) is 22.8 Å².